The van der Waals surface area contributed by atoms with E-state index in [1.165, 1.54) is 0 Å². The zero-order chi connectivity index (χ0) is 13.7. The summed E-state index contributed by atoms with van der Waals surface area (Å²) in [6, 6.07) is 5.53. The fourth-order valence-corrected chi connectivity index (χ4v) is 2.12. The van der Waals surface area contributed by atoms with Crippen LogP contribution in [0.15, 0.2) is 22.7 Å². The smallest absolute Gasteiger partial charge is 0.251 e. The van der Waals surface area contributed by atoms with Crippen molar-refractivity contribution in [2.75, 3.05) is 6.54 Å². The van der Waals surface area contributed by atoms with Crippen molar-refractivity contribution in [2.45, 2.75) is 33.3 Å². The molecule has 2 unspecified atom stereocenters. The highest BCUT2D eigenvalue weighted by atomic mass is 79.9. The molecule has 4 heteroatoms. The summed E-state index contributed by atoms with van der Waals surface area (Å²) >= 11 is 3.36. The molecule has 3 nitrogen and oxygen atoms in total. The average Bonchev–Trinajstić information content (AvgIpc) is 2.34. The molecule has 1 aromatic carbocycles. The number of carbonyl (C=O) groups is 1. The van der Waals surface area contributed by atoms with Crippen LogP contribution in [0.25, 0.3) is 0 Å². The summed E-state index contributed by atoms with van der Waals surface area (Å²) in [6.45, 7) is 6.18. The minimum atomic E-state index is -0.491. The zero-order valence-electron chi connectivity index (χ0n) is 11.0. The average molecular weight is 314 g/mol. The van der Waals surface area contributed by atoms with E-state index < -0.39 is 6.10 Å². The van der Waals surface area contributed by atoms with Crippen LogP contribution in [0, 0.1) is 12.8 Å². The van der Waals surface area contributed by atoms with Crippen LogP contribution in [0.3, 0.4) is 0 Å². The Balaban J connectivity index is 2.60. The number of aliphatic hydroxyl groups excluding tert-OH is 1. The molecule has 0 fully saturated rings. The van der Waals surface area contributed by atoms with Gasteiger partial charge < -0.3 is 10.4 Å². The summed E-state index contributed by atoms with van der Waals surface area (Å²) in [5.74, 6) is 0.0543. The quantitative estimate of drug-likeness (QED) is 0.878. The Morgan fingerprint density at radius 1 is 1.50 bits per heavy atom. The Morgan fingerprint density at radius 3 is 2.72 bits per heavy atom. The maximum absolute atomic E-state index is 12.0. The van der Waals surface area contributed by atoms with Gasteiger partial charge in [-0.2, -0.15) is 0 Å². The molecule has 100 valence electrons. The van der Waals surface area contributed by atoms with E-state index in [1.807, 2.05) is 32.9 Å². The van der Waals surface area contributed by atoms with Gasteiger partial charge >= 0.3 is 0 Å². The zero-order valence-corrected chi connectivity index (χ0v) is 12.6. The van der Waals surface area contributed by atoms with E-state index in [-0.39, 0.29) is 11.8 Å². The van der Waals surface area contributed by atoms with Crippen LogP contribution in [-0.4, -0.2) is 23.7 Å². The number of aliphatic hydroxyl groups is 1. The second-order valence-electron chi connectivity index (χ2n) is 4.62. The number of nitrogens with one attached hydrogen (secondary N) is 1. The van der Waals surface area contributed by atoms with Crippen molar-refractivity contribution in [1.29, 1.82) is 0 Å². The van der Waals surface area contributed by atoms with Crippen LogP contribution < -0.4 is 5.32 Å². The first kappa shape index (κ1) is 15.2. The maximum atomic E-state index is 12.0. The van der Waals surface area contributed by atoms with Crippen LogP contribution >= 0.6 is 15.9 Å². The second kappa shape index (κ2) is 6.90. The van der Waals surface area contributed by atoms with Gasteiger partial charge in [0.15, 0.2) is 0 Å². The molecule has 2 atom stereocenters. The molecule has 0 aliphatic heterocycles. The first-order valence-corrected chi connectivity index (χ1v) is 6.97. The van der Waals surface area contributed by atoms with E-state index in [4.69, 9.17) is 0 Å². The molecule has 18 heavy (non-hydrogen) atoms. The molecule has 0 saturated heterocycles. The highest BCUT2D eigenvalue weighted by Gasteiger charge is 2.15. The molecule has 0 aliphatic carbocycles. The number of hydrogen-bond acceptors (Lipinski definition) is 2. The number of aryl methyl sites for hydroxylation is 1. The van der Waals surface area contributed by atoms with Gasteiger partial charge in [0.1, 0.15) is 0 Å². The molecular weight excluding hydrogens is 294 g/mol. The molecule has 0 heterocycles. The minimum Gasteiger partial charge on any atom is -0.391 e. The van der Waals surface area contributed by atoms with E-state index >= 15 is 0 Å². The summed E-state index contributed by atoms with van der Waals surface area (Å²) in [7, 11) is 0. The van der Waals surface area contributed by atoms with E-state index in [0.717, 1.165) is 16.5 Å². The summed E-state index contributed by atoms with van der Waals surface area (Å²) in [4.78, 5) is 12.0. The standard InChI is InChI=1S/C14H20BrNO2/c1-4-9(2)13(17)8-16-14(18)12-6-5-11(15)7-10(12)3/h5-7,9,13,17H,4,8H2,1-3H3,(H,16,18). The third-order valence-electron chi connectivity index (χ3n) is 3.21. The molecule has 0 aliphatic rings. The summed E-state index contributed by atoms with van der Waals surface area (Å²) in [5.41, 5.74) is 1.56. The van der Waals surface area contributed by atoms with Gasteiger partial charge in [0.05, 0.1) is 6.10 Å². The lowest BCUT2D eigenvalue weighted by molar-refractivity contribution is 0.0849. The Kier molecular flexibility index (Phi) is 5.82. The Labute approximate surface area is 117 Å². The van der Waals surface area contributed by atoms with Crippen molar-refractivity contribution in [3.05, 3.63) is 33.8 Å². The summed E-state index contributed by atoms with van der Waals surface area (Å²) in [5, 5.41) is 12.6. The van der Waals surface area contributed by atoms with E-state index in [2.05, 4.69) is 21.2 Å². The predicted molar refractivity (Wildman–Crippen MR) is 76.7 cm³/mol. The van der Waals surface area contributed by atoms with Crippen LogP contribution in [0.1, 0.15) is 36.2 Å². The fraction of sp³-hybridized carbons (Fsp3) is 0.500. The molecule has 0 radical (unpaired) electrons. The first-order valence-electron chi connectivity index (χ1n) is 6.18. The molecule has 1 aromatic rings. The number of hydrogen-bond donors (Lipinski definition) is 2. The van der Waals surface area contributed by atoms with E-state index in [0.29, 0.717) is 12.1 Å². The monoisotopic (exact) mass is 313 g/mol. The number of carbonyl (C=O) groups excluding carboxylic acids is 1. The molecule has 0 aromatic heterocycles. The molecule has 0 bridgehead atoms. The number of halogens is 1. The van der Waals surface area contributed by atoms with Gasteiger partial charge in [-0.05, 0) is 36.6 Å². The predicted octanol–water partition coefficient (Wildman–Crippen LogP) is 2.89. The lowest BCUT2D eigenvalue weighted by atomic mass is 10.0. The molecular formula is C14H20BrNO2. The van der Waals surface area contributed by atoms with E-state index in [9.17, 15) is 9.90 Å². The van der Waals surface area contributed by atoms with Crippen molar-refractivity contribution < 1.29 is 9.90 Å². The molecule has 0 spiro atoms. The van der Waals surface area contributed by atoms with Gasteiger partial charge in [-0.25, -0.2) is 0 Å². The number of amides is 1. The highest BCUT2D eigenvalue weighted by molar-refractivity contribution is 9.10. The van der Waals surface area contributed by atoms with Gasteiger partial charge in [0.2, 0.25) is 0 Å². The van der Waals surface area contributed by atoms with Gasteiger partial charge in [-0.3, -0.25) is 4.79 Å². The van der Waals surface area contributed by atoms with E-state index in [1.54, 1.807) is 6.07 Å². The maximum Gasteiger partial charge on any atom is 0.251 e. The van der Waals surface area contributed by atoms with Gasteiger partial charge in [0.25, 0.3) is 5.91 Å². The van der Waals surface area contributed by atoms with Crippen molar-refractivity contribution in [2.24, 2.45) is 5.92 Å². The lowest BCUT2D eigenvalue weighted by Gasteiger charge is -2.18. The SMILES string of the molecule is CCC(C)C(O)CNC(=O)c1ccc(Br)cc1C. The van der Waals surface area contributed by atoms with Gasteiger partial charge in [-0.1, -0.05) is 36.2 Å². The van der Waals surface area contributed by atoms with Crippen LogP contribution in [0.2, 0.25) is 0 Å². The van der Waals surface area contributed by atoms with Crippen LogP contribution in [-0.2, 0) is 0 Å². The van der Waals surface area contributed by atoms with Crippen molar-refractivity contribution in [1.82, 2.24) is 5.32 Å². The lowest BCUT2D eigenvalue weighted by Crippen LogP contribution is -2.35. The van der Waals surface area contributed by atoms with Gasteiger partial charge in [-0.15, -0.1) is 0 Å². The first-order chi connectivity index (χ1) is 8.45. The minimum absolute atomic E-state index is 0.137. The molecule has 1 amide bonds. The molecule has 0 saturated carbocycles. The number of benzene rings is 1. The Morgan fingerprint density at radius 2 is 2.17 bits per heavy atom. The van der Waals surface area contributed by atoms with Crippen molar-refractivity contribution in [3.8, 4) is 0 Å². The normalized spacial score (nSPS) is 14.1. The second-order valence-corrected chi connectivity index (χ2v) is 5.54. The topological polar surface area (TPSA) is 49.3 Å². The highest BCUT2D eigenvalue weighted by Crippen LogP contribution is 2.15. The summed E-state index contributed by atoms with van der Waals surface area (Å²) < 4.78 is 0.955. The third-order valence-corrected chi connectivity index (χ3v) is 3.70. The van der Waals surface area contributed by atoms with Crippen LogP contribution in [0.5, 0.6) is 0 Å². The summed E-state index contributed by atoms with van der Waals surface area (Å²) in [6.07, 6.45) is 0.406. The Hall–Kier alpha value is -0.870. The largest absolute Gasteiger partial charge is 0.391 e. The van der Waals surface area contributed by atoms with Crippen molar-refractivity contribution >= 4 is 21.8 Å². The van der Waals surface area contributed by atoms with Gasteiger partial charge in [0, 0.05) is 16.6 Å². The van der Waals surface area contributed by atoms with Crippen LogP contribution in [0.4, 0.5) is 0 Å². The third kappa shape index (κ3) is 4.10. The number of rotatable bonds is 5. The fourth-order valence-electron chi connectivity index (χ4n) is 1.65. The molecule has 2 N–H and O–H groups in total. The van der Waals surface area contributed by atoms with Crippen molar-refractivity contribution in [3.63, 3.8) is 0 Å². The Bertz CT molecular complexity index is 420. The molecule has 1 rings (SSSR count).